The molecule has 9 nitrogen and oxygen atoms in total. The zero-order valence-electron chi connectivity index (χ0n) is 20.2. The SMILES string of the molecule is COC(=O)c1c(NC(=O)c2cc(OC)c(OC)c(OC)c2)sc(C(=O)Nc2cccc(C)c2)c1C. The Bertz CT molecular complexity index is 1260. The van der Waals surface area contributed by atoms with Gasteiger partial charge in [0.1, 0.15) is 5.00 Å². The van der Waals surface area contributed by atoms with Crippen LogP contribution in [-0.4, -0.2) is 46.2 Å². The molecule has 0 unspecified atom stereocenters. The molecule has 0 fully saturated rings. The van der Waals surface area contributed by atoms with Crippen molar-refractivity contribution in [3.8, 4) is 17.2 Å². The molecule has 1 heterocycles. The Kier molecular flexibility index (Phi) is 7.98. The summed E-state index contributed by atoms with van der Waals surface area (Å²) in [4.78, 5) is 38.9. The number of anilines is 2. The van der Waals surface area contributed by atoms with Crippen LogP contribution in [0.25, 0.3) is 0 Å². The predicted molar refractivity (Wildman–Crippen MR) is 134 cm³/mol. The van der Waals surface area contributed by atoms with Gasteiger partial charge in [0.25, 0.3) is 11.8 Å². The lowest BCUT2D eigenvalue weighted by Crippen LogP contribution is -2.15. The van der Waals surface area contributed by atoms with E-state index in [4.69, 9.17) is 18.9 Å². The number of ether oxygens (including phenoxy) is 4. The number of rotatable bonds is 8. The van der Waals surface area contributed by atoms with Crippen LogP contribution in [0.5, 0.6) is 17.2 Å². The summed E-state index contributed by atoms with van der Waals surface area (Å²) in [5.74, 6) is -0.688. The highest BCUT2D eigenvalue weighted by atomic mass is 32.1. The molecule has 2 aromatic carbocycles. The molecule has 0 atom stereocenters. The molecule has 3 rings (SSSR count). The Balaban J connectivity index is 1.98. The van der Waals surface area contributed by atoms with Crippen molar-refractivity contribution in [2.75, 3.05) is 39.1 Å². The maximum absolute atomic E-state index is 13.1. The van der Waals surface area contributed by atoms with Gasteiger partial charge < -0.3 is 29.6 Å². The summed E-state index contributed by atoms with van der Waals surface area (Å²) in [5, 5.41) is 5.73. The number of benzene rings is 2. The summed E-state index contributed by atoms with van der Waals surface area (Å²) in [7, 11) is 5.57. The molecule has 35 heavy (non-hydrogen) atoms. The summed E-state index contributed by atoms with van der Waals surface area (Å²) in [6.45, 7) is 3.54. The van der Waals surface area contributed by atoms with Crippen LogP contribution in [0.1, 0.15) is 41.5 Å². The molecule has 184 valence electrons. The second-order valence-electron chi connectivity index (χ2n) is 7.44. The number of esters is 1. The maximum Gasteiger partial charge on any atom is 0.341 e. The van der Waals surface area contributed by atoms with Crippen molar-refractivity contribution in [1.82, 2.24) is 0 Å². The largest absolute Gasteiger partial charge is 0.493 e. The highest BCUT2D eigenvalue weighted by molar-refractivity contribution is 7.19. The van der Waals surface area contributed by atoms with Gasteiger partial charge in [0.15, 0.2) is 11.5 Å². The Labute approximate surface area is 207 Å². The molecule has 0 saturated carbocycles. The molecule has 0 spiro atoms. The van der Waals surface area contributed by atoms with Gasteiger partial charge in [-0.25, -0.2) is 4.79 Å². The molecule has 2 N–H and O–H groups in total. The van der Waals surface area contributed by atoms with Gasteiger partial charge in [0.2, 0.25) is 5.75 Å². The van der Waals surface area contributed by atoms with Gasteiger partial charge >= 0.3 is 5.97 Å². The number of hydrogen-bond donors (Lipinski definition) is 2. The standard InChI is InChI=1S/C25H26N2O7S/c1-13-8-7-9-16(10-13)26-23(29)21-14(2)19(25(30)34-6)24(35-21)27-22(28)15-11-17(31-3)20(33-5)18(12-15)32-4/h7-12H,1-6H3,(H,26,29)(H,27,28). The van der Waals surface area contributed by atoms with Crippen molar-refractivity contribution in [3.05, 3.63) is 63.5 Å². The summed E-state index contributed by atoms with van der Waals surface area (Å²) in [6, 6.07) is 10.3. The number of aryl methyl sites for hydroxylation is 1. The molecule has 0 aliphatic heterocycles. The number of carbonyl (C=O) groups is 3. The van der Waals surface area contributed by atoms with Crippen molar-refractivity contribution in [1.29, 1.82) is 0 Å². The quantitative estimate of drug-likeness (QED) is 0.434. The van der Waals surface area contributed by atoms with Crippen molar-refractivity contribution >= 4 is 39.8 Å². The van der Waals surface area contributed by atoms with Crippen LogP contribution in [0.2, 0.25) is 0 Å². The zero-order chi connectivity index (χ0) is 25.7. The van der Waals surface area contributed by atoms with Crippen LogP contribution < -0.4 is 24.8 Å². The van der Waals surface area contributed by atoms with Crippen LogP contribution in [0.3, 0.4) is 0 Å². The molecule has 3 aromatic rings. The fourth-order valence-electron chi connectivity index (χ4n) is 3.46. The van der Waals surface area contributed by atoms with Gasteiger partial charge in [0, 0.05) is 11.3 Å². The molecule has 0 aliphatic rings. The van der Waals surface area contributed by atoms with E-state index in [1.54, 1.807) is 13.0 Å². The monoisotopic (exact) mass is 498 g/mol. The van der Waals surface area contributed by atoms with E-state index in [-0.39, 0.29) is 21.0 Å². The molecule has 1 aromatic heterocycles. The highest BCUT2D eigenvalue weighted by Gasteiger charge is 2.27. The number of hydrogen-bond acceptors (Lipinski definition) is 8. The Morgan fingerprint density at radius 3 is 2.03 bits per heavy atom. The van der Waals surface area contributed by atoms with E-state index in [1.165, 1.54) is 40.6 Å². The number of nitrogens with one attached hydrogen (secondary N) is 2. The lowest BCUT2D eigenvalue weighted by atomic mass is 10.1. The average Bonchev–Trinajstić information content (AvgIpc) is 3.17. The van der Waals surface area contributed by atoms with Crippen LogP contribution in [0.4, 0.5) is 10.7 Å². The van der Waals surface area contributed by atoms with E-state index in [1.807, 2.05) is 25.1 Å². The summed E-state index contributed by atoms with van der Waals surface area (Å²) < 4.78 is 20.8. The van der Waals surface area contributed by atoms with Gasteiger partial charge in [-0.3, -0.25) is 9.59 Å². The Morgan fingerprint density at radius 1 is 0.829 bits per heavy atom. The second kappa shape index (κ2) is 10.9. The molecule has 0 saturated heterocycles. The van der Waals surface area contributed by atoms with Crippen LogP contribution in [0, 0.1) is 13.8 Å². The van der Waals surface area contributed by atoms with Gasteiger partial charge in [-0.05, 0) is 49.2 Å². The van der Waals surface area contributed by atoms with Gasteiger partial charge in [0.05, 0.1) is 38.9 Å². The van der Waals surface area contributed by atoms with E-state index in [2.05, 4.69) is 10.6 Å². The zero-order valence-corrected chi connectivity index (χ0v) is 21.0. The fourth-order valence-corrected chi connectivity index (χ4v) is 4.55. The summed E-state index contributed by atoms with van der Waals surface area (Å²) in [6.07, 6.45) is 0. The summed E-state index contributed by atoms with van der Waals surface area (Å²) in [5.41, 5.74) is 2.30. The normalized spacial score (nSPS) is 10.3. The van der Waals surface area contributed by atoms with Crippen LogP contribution >= 0.6 is 11.3 Å². The average molecular weight is 499 g/mol. The smallest absolute Gasteiger partial charge is 0.341 e. The van der Waals surface area contributed by atoms with E-state index in [9.17, 15) is 14.4 Å². The van der Waals surface area contributed by atoms with Crippen molar-refractivity contribution in [2.24, 2.45) is 0 Å². The third kappa shape index (κ3) is 5.38. The third-order valence-corrected chi connectivity index (χ3v) is 6.38. The number of thiophene rings is 1. The minimum absolute atomic E-state index is 0.104. The molecule has 0 radical (unpaired) electrons. The van der Waals surface area contributed by atoms with Gasteiger partial charge in [-0.2, -0.15) is 0 Å². The van der Waals surface area contributed by atoms with E-state index in [0.29, 0.717) is 28.5 Å². The van der Waals surface area contributed by atoms with Crippen molar-refractivity contribution < 1.29 is 33.3 Å². The molecular weight excluding hydrogens is 472 g/mol. The van der Waals surface area contributed by atoms with E-state index < -0.39 is 17.8 Å². The van der Waals surface area contributed by atoms with E-state index in [0.717, 1.165) is 16.9 Å². The highest BCUT2D eigenvalue weighted by Crippen LogP contribution is 2.39. The minimum Gasteiger partial charge on any atom is -0.493 e. The summed E-state index contributed by atoms with van der Waals surface area (Å²) >= 11 is 0.980. The van der Waals surface area contributed by atoms with Gasteiger partial charge in [-0.15, -0.1) is 11.3 Å². The lowest BCUT2D eigenvalue weighted by Gasteiger charge is -2.14. The first kappa shape index (κ1) is 25.6. The van der Waals surface area contributed by atoms with Crippen LogP contribution in [0.15, 0.2) is 36.4 Å². The second-order valence-corrected chi connectivity index (χ2v) is 8.46. The lowest BCUT2D eigenvalue weighted by molar-refractivity contribution is 0.0601. The van der Waals surface area contributed by atoms with E-state index >= 15 is 0 Å². The number of amides is 2. The molecule has 10 heteroatoms. The van der Waals surface area contributed by atoms with Gasteiger partial charge in [-0.1, -0.05) is 12.1 Å². The van der Waals surface area contributed by atoms with Crippen molar-refractivity contribution in [3.63, 3.8) is 0 Å². The minimum atomic E-state index is -0.673. The molecular formula is C25H26N2O7S. The maximum atomic E-state index is 13.1. The van der Waals surface area contributed by atoms with Crippen LogP contribution in [-0.2, 0) is 4.74 Å². The fraction of sp³-hybridized carbons (Fsp3) is 0.240. The predicted octanol–water partition coefficient (Wildman–Crippen LogP) is 4.68. The Hall–Kier alpha value is -4.05. The Morgan fingerprint density at radius 2 is 1.49 bits per heavy atom. The molecule has 0 aliphatic carbocycles. The van der Waals surface area contributed by atoms with Crippen molar-refractivity contribution in [2.45, 2.75) is 13.8 Å². The molecule has 0 bridgehead atoms. The first-order chi connectivity index (χ1) is 16.7. The topological polar surface area (TPSA) is 112 Å². The number of methoxy groups -OCH3 is 4. The molecule has 2 amide bonds. The third-order valence-electron chi connectivity index (χ3n) is 5.17. The first-order valence-electron chi connectivity index (χ1n) is 10.4. The first-order valence-corrected chi connectivity index (χ1v) is 11.3. The number of carbonyl (C=O) groups excluding carboxylic acids is 3.